The van der Waals surface area contributed by atoms with Crippen LogP contribution >= 0.6 is 11.8 Å². The van der Waals surface area contributed by atoms with E-state index in [9.17, 15) is 9.59 Å². The van der Waals surface area contributed by atoms with Gasteiger partial charge in [-0.3, -0.25) is 9.59 Å². The SMILES string of the molecule is COCCSCC(=O)N1CCNC(=O)C1C. The summed E-state index contributed by atoms with van der Waals surface area (Å²) < 4.78 is 4.90. The highest BCUT2D eigenvalue weighted by Gasteiger charge is 2.28. The van der Waals surface area contributed by atoms with Crippen molar-refractivity contribution < 1.29 is 14.3 Å². The minimum absolute atomic E-state index is 0.0310. The van der Waals surface area contributed by atoms with Crippen molar-refractivity contribution in [3.8, 4) is 0 Å². The minimum Gasteiger partial charge on any atom is -0.384 e. The number of methoxy groups -OCH3 is 1. The Hall–Kier alpha value is -0.750. The van der Waals surface area contributed by atoms with Crippen molar-refractivity contribution >= 4 is 23.6 Å². The molecule has 1 rings (SSSR count). The highest BCUT2D eigenvalue weighted by atomic mass is 32.2. The van der Waals surface area contributed by atoms with Crippen LogP contribution in [0.15, 0.2) is 0 Å². The van der Waals surface area contributed by atoms with Crippen LogP contribution in [0.1, 0.15) is 6.92 Å². The number of nitrogens with one attached hydrogen (secondary N) is 1. The number of hydrogen-bond acceptors (Lipinski definition) is 4. The van der Waals surface area contributed by atoms with Crippen LogP contribution in [0.4, 0.5) is 0 Å². The van der Waals surface area contributed by atoms with E-state index in [1.54, 1.807) is 18.9 Å². The Kier molecular flexibility index (Phi) is 5.62. The number of piperazine rings is 1. The summed E-state index contributed by atoms with van der Waals surface area (Å²) in [5.41, 5.74) is 0. The molecule has 16 heavy (non-hydrogen) atoms. The number of amides is 2. The number of ether oxygens (including phenoxy) is 1. The van der Waals surface area contributed by atoms with E-state index in [2.05, 4.69) is 5.32 Å². The second-order valence-electron chi connectivity index (χ2n) is 3.60. The first-order valence-corrected chi connectivity index (χ1v) is 6.46. The second kappa shape index (κ2) is 6.75. The molecule has 0 aromatic heterocycles. The quantitative estimate of drug-likeness (QED) is 0.677. The number of carbonyl (C=O) groups excluding carboxylic acids is 2. The average Bonchev–Trinajstić information content (AvgIpc) is 2.28. The van der Waals surface area contributed by atoms with Gasteiger partial charge in [0.25, 0.3) is 0 Å². The molecule has 0 aromatic rings. The highest BCUT2D eigenvalue weighted by molar-refractivity contribution is 7.99. The van der Waals surface area contributed by atoms with Crippen molar-refractivity contribution in [1.29, 1.82) is 0 Å². The van der Waals surface area contributed by atoms with Crippen LogP contribution in [0.3, 0.4) is 0 Å². The second-order valence-corrected chi connectivity index (χ2v) is 4.70. The first-order valence-electron chi connectivity index (χ1n) is 5.30. The molecular weight excluding hydrogens is 228 g/mol. The van der Waals surface area contributed by atoms with Crippen molar-refractivity contribution in [2.75, 3.05) is 38.3 Å². The summed E-state index contributed by atoms with van der Waals surface area (Å²) in [5, 5.41) is 2.73. The van der Waals surface area contributed by atoms with Gasteiger partial charge >= 0.3 is 0 Å². The Morgan fingerprint density at radius 1 is 1.69 bits per heavy atom. The zero-order valence-electron chi connectivity index (χ0n) is 9.69. The lowest BCUT2D eigenvalue weighted by Crippen LogP contribution is -2.56. The molecular formula is C10H18N2O3S. The molecule has 92 valence electrons. The summed E-state index contributed by atoms with van der Waals surface area (Å²) >= 11 is 1.53. The molecule has 0 aromatic carbocycles. The van der Waals surface area contributed by atoms with Crippen molar-refractivity contribution in [3.05, 3.63) is 0 Å². The normalized spacial score (nSPS) is 20.8. The maximum atomic E-state index is 11.8. The summed E-state index contributed by atoms with van der Waals surface area (Å²) in [7, 11) is 1.64. The summed E-state index contributed by atoms with van der Waals surface area (Å²) in [6.07, 6.45) is 0. The standard InChI is InChI=1S/C10H18N2O3S/c1-8-10(14)11-3-4-12(8)9(13)7-16-6-5-15-2/h8H,3-7H2,1-2H3,(H,11,14). The van der Waals surface area contributed by atoms with Gasteiger partial charge in [-0.1, -0.05) is 0 Å². The molecule has 0 radical (unpaired) electrons. The van der Waals surface area contributed by atoms with Gasteiger partial charge in [0.1, 0.15) is 6.04 Å². The van der Waals surface area contributed by atoms with Gasteiger partial charge < -0.3 is 15.0 Å². The van der Waals surface area contributed by atoms with Crippen LogP contribution in [0.2, 0.25) is 0 Å². The van der Waals surface area contributed by atoms with Crippen molar-refractivity contribution in [2.24, 2.45) is 0 Å². The lowest BCUT2D eigenvalue weighted by Gasteiger charge is -2.32. The van der Waals surface area contributed by atoms with Gasteiger partial charge in [0, 0.05) is 26.0 Å². The van der Waals surface area contributed by atoms with E-state index in [1.165, 1.54) is 11.8 Å². The molecule has 5 nitrogen and oxygen atoms in total. The smallest absolute Gasteiger partial charge is 0.242 e. The molecule has 1 saturated heterocycles. The Labute approximate surface area is 99.9 Å². The largest absolute Gasteiger partial charge is 0.384 e. The molecule has 1 aliphatic rings. The van der Waals surface area contributed by atoms with Crippen molar-refractivity contribution in [2.45, 2.75) is 13.0 Å². The Morgan fingerprint density at radius 3 is 3.12 bits per heavy atom. The molecule has 0 aliphatic carbocycles. The molecule has 1 N–H and O–H groups in total. The fourth-order valence-electron chi connectivity index (χ4n) is 1.51. The minimum atomic E-state index is -0.343. The molecule has 0 bridgehead atoms. The number of hydrogen-bond donors (Lipinski definition) is 1. The van der Waals surface area contributed by atoms with E-state index in [0.717, 1.165) is 5.75 Å². The number of carbonyl (C=O) groups is 2. The maximum Gasteiger partial charge on any atom is 0.242 e. The summed E-state index contributed by atoms with van der Waals surface area (Å²) in [5.74, 6) is 1.18. The van der Waals surface area contributed by atoms with E-state index in [4.69, 9.17) is 4.74 Å². The van der Waals surface area contributed by atoms with Crippen LogP contribution in [-0.2, 0) is 14.3 Å². The lowest BCUT2D eigenvalue weighted by atomic mass is 10.2. The van der Waals surface area contributed by atoms with Gasteiger partial charge in [-0.25, -0.2) is 0 Å². The molecule has 2 amide bonds. The van der Waals surface area contributed by atoms with Gasteiger partial charge in [-0.15, -0.1) is 11.8 Å². The van der Waals surface area contributed by atoms with E-state index < -0.39 is 0 Å². The number of nitrogens with zero attached hydrogens (tertiary/aromatic N) is 1. The predicted molar refractivity (Wildman–Crippen MR) is 63.4 cm³/mol. The highest BCUT2D eigenvalue weighted by Crippen LogP contribution is 2.08. The number of thioether (sulfide) groups is 1. The van der Waals surface area contributed by atoms with Crippen molar-refractivity contribution in [3.63, 3.8) is 0 Å². The summed E-state index contributed by atoms with van der Waals surface area (Å²) in [4.78, 5) is 24.8. The van der Waals surface area contributed by atoms with E-state index in [1.807, 2.05) is 0 Å². The monoisotopic (exact) mass is 246 g/mol. The van der Waals surface area contributed by atoms with E-state index in [-0.39, 0.29) is 17.9 Å². The van der Waals surface area contributed by atoms with Gasteiger partial charge in [0.05, 0.1) is 12.4 Å². The third-order valence-electron chi connectivity index (χ3n) is 2.48. The molecule has 1 fully saturated rings. The number of rotatable bonds is 5. The van der Waals surface area contributed by atoms with Gasteiger partial charge in [0.2, 0.25) is 11.8 Å². The maximum absolute atomic E-state index is 11.8. The Balaban J connectivity index is 2.32. The van der Waals surface area contributed by atoms with E-state index >= 15 is 0 Å². The zero-order chi connectivity index (χ0) is 12.0. The van der Waals surface area contributed by atoms with Crippen LogP contribution in [0.5, 0.6) is 0 Å². The Morgan fingerprint density at radius 2 is 2.44 bits per heavy atom. The predicted octanol–water partition coefficient (Wildman–Crippen LogP) is -0.287. The molecule has 0 saturated carbocycles. The van der Waals surface area contributed by atoms with Crippen LogP contribution in [0, 0.1) is 0 Å². The fourth-order valence-corrected chi connectivity index (χ4v) is 2.28. The van der Waals surface area contributed by atoms with Gasteiger partial charge in [0.15, 0.2) is 0 Å². The summed E-state index contributed by atoms with van der Waals surface area (Å²) in [6, 6.07) is -0.343. The van der Waals surface area contributed by atoms with Crippen LogP contribution in [0.25, 0.3) is 0 Å². The lowest BCUT2D eigenvalue weighted by molar-refractivity contribution is -0.140. The summed E-state index contributed by atoms with van der Waals surface area (Å²) in [6.45, 7) is 3.56. The van der Waals surface area contributed by atoms with Gasteiger partial charge in [-0.05, 0) is 6.92 Å². The topological polar surface area (TPSA) is 58.6 Å². The van der Waals surface area contributed by atoms with E-state index in [0.29, 0.717) is 25.4 Å². The average molecular weight is 246 g/mol. The third kappa shape index (κ3) is 3.68. The van der Waals surface area contributed by atoms with Crippen molar-refractivity contribution in [1.82, 2.24) is 10.2 Å². The molecule has 0 spiro atoms. The zero-order valence-corrected chi connectivity index (χ0v) is 10.5. The first-order chi connectivity index (χ1) is 7.66. The Bertz CT molecular complexity index is 260. The van der Waals surface area contributed by atoms with Crippen LogP contribution < -0.4 is 5.32 Å². The first kappa shape index (κ1) is 13.3. The molecule has 1 aliphatic heterocycles. The molecule has 1 unspecified atom stereocenters. The van der Waals surface area contributed by atoms with Gasteiger partial charge in [-0.2, -0.15) is 0 Å². The molecule has 1 atom stereocenters. The molecule has 1 heterocycles. The fraction of sp³-hybridized carbons (Fsp3) is 0.800. The third-order valence-corrected chi connectivity index (χ3v) is 3.38. The van der Waals surface area contributed by atoms with Crippen LogP contribution in [-0.4, -0.2) is 61.1 Å². The molecule has 6 heteroatoms.